The topological polar surface area (TPSA) is 21.3 Å². The summed E-state index contributed by atoms with van der Waals surface area (Å²) in [7, 11) is 0. The zero-order valence-electron chi connectivity index (χ0n) is 34.4. The Bertz CT molecular complexity index is 3530. The fourth-order valence-electron chi connectivity index (χ4n) is 9.27. The number of para-hydroxylation sites is 3. The molecule has 0 aliphatic heterocycles. The number of nitrogens with zero attached hydrogens (tertiary/aromatic N) is 2. The Balaban J connectivity index is 0.901. The molecule has 63 heavy (non-hydrogen) atoms. The van der Waals surface area contributed by atoms with Crippen LogP contribution in [0.3, 0.4) is 0 Å². The molecule has 12 aromatic rings. The second-order valence-electron chi connectivity index (χ2n) is 16.1. The van der Waals surface area contributed by atoms with Crippen molar-refractivity contribution < 1.29 is 4.42 Å². The molecule has 0 spiro atoms. The number of furan rings is 1. The van der Waals surface area contributed by atoms with E-state index in [4.69, 9.17) is 4.42 Å². The van der Waals surface area contributed by atoms with E-state index in [2.05, 4.69) is 240 Å². The van der Waals surface area contributed by atoms with Crippen molar-refractivity contribution in [3.8, 4) is 50.2 Å². The lowest BCUT2D eigenvalue weighted by molar-refractivity contribution is 0.669. The van der Waals surface area contributed by atoms with Crippen LogP contribution in [-0.2, 0) is 0 Å². The fraction of sp³-hybridized carbons (Fsp3) is 0. The largest absolute Gasteiger partial charge is 0.456 e. The first kappa shape index (κ1) is 36.5. The van der Waals surface area contributed by atoms with Crippen LogP contribution < -0.4 is 4.90 Å². The van der Waals surface area contributed by atoms with Crippen molar-refractivity contribution in [1.29, 1.82) is 0 Å². The third-order valence-electron chi connectivity index (χ3n) is 12.4. The van der Waals surface area contributed by atoms with Crippen LogP contribution in [0.1, 0.15) is 0 Å². The molecule has 3 nitrogen and oxygen atoms in total. The predicted molar refractivity (Wildman–Crippen MR) is 264 cm³/mol. The molecule has 0 saturated heterocycles. The maximum absolute atomic E-state index is 6.09. The van der Waals surface area contributed by atoms with Gasteiger partial charge in [0.15, 0.2) is 0 Å². The van der Waals surface area contributed by atoms with Crippen molar-refractivity contribution in [3.05, 3.63) is 243 Å². The minimum atomic E-state index is 0.911. The maximum Gasteiger partial charge on any atom is 0.135 e. The molecule has 2 heterocycles. The minimum Gasteiger partial charge on any atom is -0.456 e. The fourth-order valence-corrected chi connectivity index (χ4v) is 9.27. The molecule has 0 bridgehead atoms. The van der Waals surface area contributed by atoms with E-state index < -0.39 is 0 Å². The molecule has 0 saturated carbocycles. The Labute approximate surface area is 366 Å². The number of benzene rings is 10. The first-order valence-corrected chi connectivity index (χ1v) is 21.5. The molecule has 0 atom stereocenters. The number of rotatable bonds is 8. The summed E-state index contributed by atoms with van der Waals surface area (Å²) in [5, 5.41) is 4.78. The Kier molecular flexibility index (Phi) is 8.83. The molecule has 2 aromatic heterocycles. The highest BCUT2D eigenvalue weighted by Gasteiger charge is 2.17. The molecule has 0 N–H and O–H groups in total. The molecular formula is C60H40N2O. The number of hydrogen-bond acceptors (Lipinski definition) is 2. The monoisotopic (exact) mass is 804 g/mol. The van der Waals surface area contributed by atoms with Crippen LogP contribution in [0, 0.1) is 0 Å². The van der Waals surface area contributed by atoms with E-state index in [1.807, 2.05) is 12.1 Å². The van der Waals surface area contributed by atoms with E-state index in [9.17, 15) is 0 Å². The summed E-state index contributed by atoms with van der Waals surface area (Å²) in [4.78, 5) is 2.36. The van der Waals surface area contributed by atoms with E-state index in [-0.39, 0.29) is 0 Å². The van der Waals surface area contributed by atoms with E-state index in [1.54, 1.807) is 0 Å². The summed E-state index contributed by atoms with van der Waals surface area (Å²) in [6, 6.07) is 87.2. The number of hydrogen-bond donors (Lipinski definition) is 0. The molecule has 10 aromatic carbocycles. The lowest BCUT2D eigenvalue weighted by atomic mass is 9.98. The molecule has 12 rings (SSSR count). The highest BCUT2D eigenvalue weighted by Crippen LogP contribution is 2.40. The van der Waals surface area contributed by atoms with Crippen molar-refractivity contribution in [1.82, 2.24) is 4.57 Å². The van der Waals surface area contributed by atoms with Crippen LogP contribution in [-0.4, -0.2) is 4.57 Å². The molecule has 296 valence electrons. The maximum atomic E-state index is 6.09. The van der Waals surface area contributed by atoms with Crippen LogP contribution >= 0.6 is 0 Å². The van der Waals surface area contributed by atoms with E-state index >= 15 is 0 Å². The van der Waals surface area contributed by atoms with Gasteiger partial charge in [0.05, 0.1) is 11.0 Å². The third kappa shape index (κ3) is 6.55. The number of anilines is 3. The lowest BCUT2D eigenvalue weighted by Gasteiger charge is -2.26. The van der Waals surface area contributed by atoms with Crippen LogP contribution in [0.25, 0.3) is 93.9 Å². The van der Waals surface area contributed by atoms with Crippen molar-refractivity contribution in [2.24, 2.45) is 0 Å². The van der Waals surface area contributed by atoms with Gasteiger partial charge in [-0.3, -0.25) is 0 Å². The van der Waals surface area contributed by atoms with Gasteiger partial charge >= 0.3 is 0 Å². The van der Waals surface area contributed by atoms with E-state index in [1.165, 1.54) is 60.8 Å². The minimum absolute atomic E-state index is 0.911. The zero-order chi connectivity index (χ0) is 41.7. The Morgan fingerprint density at radius 3 is 1.27 bits per heavy atom. The highest BCUT2D eigenvalue weighted by atomic mass is 16.3. The zero-order valence-corrected chi connectivity index (χ0v) is 34.4. The summed E-state index contributed by atoms with van der Waals surface area (Å²) in [6.07, 6.45) is 0. The average molecular weight is 805 g/mol. The summed E-state index contributed by atoms with van der Waals surface area (Å²) in [5.74, 6) is 0. The second-order valence-corrected chi connectivity index (χ2v) is 16.1. The first-order chi connectivity index (χ1) is 31.2. The van der Waals surface area contributed by atoms with E-state index in [0.29, 0.717) is 0 Å². The van der Waals surface area contributed by atoms with Gasteiger partial charge in [-0.15, -0.1) is 0 Å². The van der Waals surface area contributed by atoms with Gasteiger partial charge in [0.25, 0.3) is 0 Å². The molecule has 0 unspecified atom stereocenters. The smallest absolute Gasteiger partial charge is 0.135 e. The number of fused-ring (bicyclic) bond motifs is 6. The van der Waals surface area contributed by atoms with E-state index in [0.717, 1.165) is 50.3 Å². The normalized spacial score (nSPS) is 11.5. The second kappa shape index (κ2) is 15.3. The van der Waals surface area contributed by atoms with Crippen LogP contribution in [0.5, 0.6) is 0 Å². The van der Waals surface area contributed by atoms with Gasteiger partial charge in [-0.1, -0.05) is 170 Å². The van der Waals surface area contributed by atoms with Crippen molar-refractivity contribution in [2.45, 2.75) is 0 Å². The van der Waals surface area contributed by atoms with Gasteiger partial charge < -0.3 is 13.9 Å². The predicted octanol–water partition coefficient (Wildman–Crippen LogP) is 16.8. The SMILES string of the molecule is c1ccc(-c2ccc(-c3ccc(N(c4ccc(-c5ccc(-c6ccc7oc8ccccc8c7c6)cc5)cc4)c4cccc(-n5c6ccccc6c6ccccc65)c4)cc3)cc2)cc1. The average Bonchev–Trinajstić information content (AvgIpc) is 3.91. The van der Waals surface area contributed by atoms with Gasteiger partial charge in [0.2, 0.25) is 0 Å². The molecule has 0 aliphatic carbocycles. The number of aromatic nitrogens is 1. The summed E-state index contributed by atoms with van der Waals surface area (Å²) >= 11 is 0. The van der Waals surface area contributed by atoms with Crippen molar-refractivity contribution in [3.63, 3.8) is 0 Å². The Hall–Kier alpha value is -8.40. The highest BCUT2D eigenvalue weighted by molar-refractivity contribution is 6.09. The van der Waals surface area contributed by atoms with Gasteiger partial charge in [0.1, 0.15) is 11.2 Å². The first-order valence-electron chi connectivity index (χ1n) is 21.5. The Morgan fingerprint density at radius 1 is 0.270 bits per heavy atom. The summed E-state index contributed by atoms with van der Waals surface area (Å²) in [6.45, 7) is 0. The summed E-state index contributed by atoms with van der Waals surface area (Å²) < 4.78 is 8.48. The Morgan fingerprint density at radius 2 is 0.698 bits per heavy atom. The molecular weight excluding hydrogens is 765 g/mol. The van der Waals surface area contributed by atoms with Crippen molar-refractivity contribution >= 4 is 60.8 Å². The molecule has 0 amide bonds. The van der Waals surface area contributed by atoms with Gasteiger partial charge in [-0.25, -0.2) is 0 Å². The molecule has 0 fully saturated rings. The summed E-state index contributed by atoms with van der Waals surface area (Å²) in [5.41, 5.74) is 18.0. The van der Waals surface area contributed by atoms with Gasteiger partial charge in [-0.05, 0) is 117 Å². The molecule has 0 aliphatic rings. The third-order valence-corrected chi connectivity index (χ3v) is 12.4. The molecule has 3 heteroatoms. The van der Waals surface area contributed by atoms with Crippen molar-refractivity contribution in [2.75, 3.05) is 4.90 Å². The standard InChI is InChI=1S/C60H40N2O/c1-2-11-41(12-3-1)42-21-23-43(24-22-42)45-29-34-49(35-30-45)61(51-13-10-14-52(40-51)62-57-18-7-4-15-53(57)54-16-5-8-19-58(54)62)50-36-31-46(32-37-50)44-25-27-47(28-26-44)48-33-38-60-56(39-48)55-17-6-9-20-59(55)63-60/h1-40H. The van der Waals surface area contributed by atoms with Crippen LogP contribution in [0.2, 0.25) is 0 Å². The quantitative estimate of drug-likeness (QED) is 0.153. The molecule has 0 radical (unpaired) electrons. The van der Waals surface area contributed by atoms with Gasteiger partial charge in [0, 0.05) is 44.3 Å². The van der Waals surface area contributed by atoms with Crippen LogP contribution in [0.4, 0.5) is 17.1 Å². The van der Waals surface area contributed by atoms with Crippen LogP contribution in [0.15, 0.2) is 247 Å². The lowest BCUT2D eigenvalue weighted by Crippen LogP contribution is -2.10. The van der Waals surface area contributed by atoms with Gasteiger partial charge in [-0.2, -0.15) is 0 Å².